The standard InChI is InChI=1S/C15H11F3N2O2/c1-9-8-13(21)12(6-7-19-9)14(22)20-11-4-2-10(3-5-11)15(16,17)18/h2-6,8,21H,1H3,(H,20,22). The smallest absolute Gasteiger partial charge is 0.416 e. The lowest BCUT2D eigenvalue weighted by atomic mass is 10.1. The average Bonchev–Trinajstić information content (AvgIpc) is 2.59. The van der Waals surface area contributed by atoms with Crippen LogP contribution in [-0.4, -0.2) is 16.9 Å². The molecule has 1 heterocycles. The van der Waals surface area contributed by atoms with E-state index in [1.54, 1.807) is 6.92 Å². The molecular formula is C15H11F3N2O2. The van der Waals surface area contributed by atoms with Gasteiger partial charge in [-0.2, -0.15) is 13.2 Å². The molecule has 0 atom stereocenters. The normalized spacial score (nSPS) is 14.6. The molecule has 4 nitrogen and oxygen atoms in total. The quantitative estimate of drug-likeness (QED) is 0.877. The summed E-state index contributed by atoms with van der Waals surface area (Å²) < 4.78 is 37.3. The number of rotatable bonds is 2. The van der Waals surface area contributed by atoms with E-state index >= 15 is 0 Å². The Bertz CT molecular complexity index is 722. The van der Waals surface area contributed by atoms with Gasteiger partial charge in [0, 0.05) is 17.8 Å². The number of amides is 1. The lowest BCUT2D eigenvalue weighted by Crippen LogP contribution is -2.15. The predicted octanol–water partition coefficient (Wildman–Crippen LogP) is 3.60. The number of aliphatic hydroxyl groups is 1. The third-order valence-corrected chi connectivity index (χ3v) is 2.79. The van der Waals surface area contributed by atoms with Crippen LogP contribution in [0.25, 0.3) is 0 Å². The van der Waals surface area contributed by atoms with E-state index < -0.39 is 17.6 Å². The molecule has 0 aromatic heterocycles. The fraction of sp³-hybridized carbons (Fsp3) is 0.133. The molecule has 22 heavy (non-hydrogen) atoms. The molecule has 1 aromatic rings. The van der Waals surface area contributed by atoms with Crippen molar-refractivity contribution < 1.29 is 23.1 Å². The Morgan fingerprint density at radius 1 is 1.27 bits per heavy atom. The fourth-order valence-electron chi connectivity index (χ4n) is 1.70. The molecule has 1 aliphatic rings. The second kappa shape index (κ2) is 5.91. The van der Waals surface area contributed by atoms with Gasteiger partial charge in [0.2, 0.25) is 0 Å². The number of alkyl halides is 3. The molecule has 0 aliphatic carbocycles. The number of carbonyl (C=O) groups is 1. The van der Waals surface area contributed by atoms with Crippen LogP contribution in [0.15, 0.2) is 58.4 Å². The lowest BCUT2D eigenvalue weighted by Gasteiger charge is -2.09. The fourth-order valence-corrected chi connectivity index (χ4v) is 1.70. The largest absolute Gasteiger partial charge is 0.507 e. The van der Waals surface area contributed by atoms with Gasteiger partial charge in [-0.15, -0.1) is 0 Å². The van der Waals surface area contributed by atoms with Crippen molar-refractivity contribution in [2.45, 2.75) is 13.1 Å². The van der Waals surface area contributed by atoms with Crippen LogP contribution in [-0.2, 0) is 11.0 Å². The number of aliphatic imine (C=N–C) groups is 1. The summed E-state index contributed by atoms with van der Waals surface area (Å²) in [6.07, 6.45) is -1.95. The third-order valence-electron chi connectivity index (χ3n) is 2.79. The number of carbonyl (C=O) groups excluding carboxylic acids is 1. The highest BCUT2D eigenvalue weighted by Gasteiger charge is 2.30. The van der Waals surface area contributed by atoms with Gasteiger partial charge in [-0.3, -0.25) is 4.79 Å². The summed E-state index contributed by atoms with van der Waals surface area (Å²) in [7, 11) is 0. The van der Waals surface area contributed by atoms with Crippen LogP contribution in [0.5, 0.6) is 0 Å². The molecule has 2 rings (SSSR count). The first-order valence-electron chi connectivity index (χ1n) is 6.17. The van der Waals surface area contributed by atoms with Gasteiger partial charge in [0.15, 0.2) is 0 Å². The van der Waals surface area contributed by atoms with E-state index in [0.717, 1.165) is 24.3 Å². The van der Waals surface area contributed by atoms with Crippen LogP contribution in [0.3, 0.4) is 0 Å². The minimum atomic E-state index is -4.44. The van der Waals surface area contributed by atoms with Gasteiger partial charge in [0.05, 0.1) is 16.8 Å². The number of halogens is 3. The van der Waals surface area contributed by atoms with Crippen LogP contribution in [0.4, 0.5) is 18.9 Å². The minimum Gasteiger partial charge on any atom is -0.507 e. The summed E-state index contributed by atoms with van der Waals surface area (Å²) in [5.41, 5.74) is -0.257. The van der Waals surface area contributed by atoms with E-state index in [-0.39, 0.29) is 17.0 Å². The zero-order valence-corrected chi connectivity index (χ0v) is 11.4. The molecule has 114 valence electrons. The van der Waals surface area contributed by atoms with Gasteiger partial charge in [-0.1, -0.05) is 0 Å². The van der Waals surface area contributed by atoms with Gasteiger partial charge in [0.1, 0.15) is 5.76 Å². The van der Waals surface area contributed by atoms with Gasteiger partial charge in [-0.25, -0.2) is 4.99 Å². The van der Waals surface area contributed by atoms with Gasteiger partial charge >= 0.3 is 6.18 Å². The lowest BCUT2D eigenvalue weighted by molar-refractivity contribution is -0.137. The van der Waals surface area contributed by atoms with Gasteiger partial charge in [-0.05, 0) is 37.1 Å². The van der Waals surface area contributed by atoms with E-state index in [1.807, 2.05) is 0 Å². The monoisotopic (exact) mass is 308 g/mol. The highest BCUT2D eigenvalue weighted by atomic mass is 19.4. The number of aliphatic hydroxyl groups excluding tert-OH is 1. The summed E-state index contributed by atoms with van der Waals surface area (Å²) in [6.45, 7) is 1.62. The zero-order valence-electron chi connectivity index (χ0n) is 11.4. The van der Waals surface area contributed by atoms with Gasteiger partial charge in [0.25, 0.3) is 5.91 Å². The number of hydrogen-bond acceptors (Lipinski definition) is 3. The predicted molar refractivity (Wildman–Crippen MR) is 75.5 cm³/mol. The first-order valence-corrected chi connectivity index (χ1v) is 6.17. The molecule has 0 radical (unpaired) electrons. The highest BCUT2D eigenvalue weighted by Crippen LogP contribution is 2.29. The number of nitrogens with one attached hydrogen (secondary N) is 1. The molecule has 2 N–H and O–H groups in total. The molecule has 0 bridgehead atoms. The van der Waals surface area contributed by atoms with E-state index in [4.69, 9.17) is 0 Å². The van der Waals surface area contributed by atoms with Crippen molar-refractivity contribution in [3.63, 3.8) is 0 Å². The number of hydrogen-bond donors (Lipinski definition) is 2. The van der Waals surface area contributed by atoms with Crippen molar-refractivity contribution in [3.05, 3.63) is 59.0 Å². The van der Waals surface area contributed by atoms with Crippen molar-refractivity contribution in [2.24, 2.45) is 4.99 Å². The van der Waals surface area contributed by atoms with E-state index in [0.29, 0.717) is 5.70 Å². The Labute approximate surface area is 124 Å². The van der Waals surface area contributed by atoms with Crippen LogP contribution < -0.4 is 5.32 Å². The van der Waals surface area contributed by atoms with Crippen molar-refractivity contribution in [1.29, 1.82) is 0 Å². The average molecular weight is 308 g/mol. The summed E-state index contributed by atoms with van der Waals surface area (Å²) in [5.74, 6) is 1.51. The molecule has 7 heteroatoms. The van der Waals surface area contributed by atoms with Crippen LogP contribution in [0.1, 0.15) is 12.5 Å². The molecule has 0 saturated heterocycles. The van der Waals surface area contributed by atoms with Crippen molar-refractivity contribution in [2.75, 3.05) is 5.32 Å². The third kappa shape index (κ3) is 3.65. The highest BCUT2D eigenvalue weighted by molar-refractivity contribution is 6.07. The Morgan fingerprint density at radius 2 is 1.91 bits per heavy atom. The molecule has 0 unspecified atom stereocenters. The number of benzene rings is 1. The molecule has 1 aliphatic heterocycles. The van der Waals surface area contributed by atoms with E-state index in [1.165, 1.54) is 12.2 Å². The summed E-state index contributed by atoms with van der Waals surface area (Å²) >= 11 is 0. The zero-order chi connectivity index (χ0) is 16.3. The van der Waals surface area contributed by atoms with E-state index in [2.05, 4.69) is 16.2 Å². The second-order valence-electron chi connectivity index (χ2n) is 4.50. The summed E-state index contributed by atoms with van der Waals surface area (Å²) in [6, 6.07) is 3.98. The van der Waals surface area contributed by atoms with Gasteiger partial charge < -0.3 is 10.4 Å². The summed E-state index contributed by atoms with van der Waals surface area (Å²) in [5, 5.41) is 12.2. The molecule has 0 saturated carbocycles. The second-order valence-corrected chi connectivity index (χ2v) is 4.50. The van der Waals surface area contributed by atoms with Crippen molar-refractivity contribution in [1.82, 2.24) is 0 Å². The molecule has 1 amide bonds. The van der Waals surface area contributed by atoms with E-state index in [9.17, 15) is 23.1 Å². The maximum Gasteiger partial charge on any atom is 0.416 e. The number of anilines is 1. The number of nitrogens with zero attached hydrogens (tertiary/aromatic N) is 1. The first-order chi connectivity index (χ1) is 10.3. The maximum atomic E-state index is 12.4. The SMILES string of the molecule is CC1=CC(O)=C(C(=O)Nc2ccc(C(F)(F)F)cc2)C=C=N1. The van der Waals surface area contributed by atoms with Crippen molar-refractivity contribution >= 4 is 17.5 Å². The molecule has 0 fully saturated rings. The molecule has 0 spiro atoms. The van der Waals surface area contributed by atoms with Crippen LogP contribution in [0.2, 0.25) is 0 Å². The Kier molecular flexibility index (Phi) is 4.19. The first kappa shape index (κ1) is 15.6. The topological polar surface area (TPSA) is 61.7 Å². The minimum absolute atomic E-state index is 0.0829. The molecular weight excluding hydrogens is 297 g/mol. The van der Waals surface area contributed by atoms with Crippen LogP contribution >= 0.6 is 0 Å². The summed E-state index contributed by atoms with van der Waals surface area (Å²) in [4.78, 5) is 15.8. The van der Waals surface area contributed by atoms with Crippen molar-refractivity contribution in [3.8, 4) is 0 Å². The Balaban J connectivity index is 2.19. The molecule has 1 aromatic carbocycles. The Hall–Kier alpha value is -2.79. The Morgan fingerprint density at radius 3 is 2.50 bits per heavy atom. The van der Waals surface area contributed by atoms with Crippen LogP contribution in [0, 0.1) is 0 Å². The maximum absolute atomic E-state index is 12.4. The number of allylic oxidation sites excluding steroid dienone is 2.